The van der Waals surface area contributed by atoms with Crippen molar-refractivity contribution < 1.29 is 21.6 Å². The van der Waals surface area contributed by atoms with Gasteiger partial charge in [-0.3, -0.25) is 10.1 Å². The SMILES string of the molecule is Cc1cccc(-c2[nH]ncc2-c2ccc(F)c(-c3ccc(S(=O)(=O)C(F)F)cc3)c2)n1. The Hall–Kier alpha value is -3.46. The Morgan fingerprint density at radius 3 is 2.32 bits per heavy atom. The second-order valence-electron chi connectivity index (χ2n) is 6.85. The van der Waals surface area contributed by atoms with Gasteiger partial charge >= 0.3 is 5.76 Å². The second-order valence-corrected chi connectivity index (χ2v) is 8.77. The fourth-order valence-corrected chi connectivity index (χ4v) is 3.94. The molecule has 0 saturated heterocycles. The highest BCUT2D eigenvalue weighted by Gasteiger charge is 2.26. The Balaban J connectivity index is 1.76. The molecule has 0 radical (unpaired) electrons. The van der Waals surface area contributed by atoms with Gasteiger partial charge in [0.15, 0.2) is 0 Å². The number of halogens is 3. The first-order chi connectivity index (χ1) is 14.8. The third-order valence-electron chi connectivity index (χ3n) is 4.79. The zero-order valence-electron chi connectivity index (χ0n) is 16.2. The molecule has 0 saturated carbocycles. The van der Waals surface area contributed by atoms with Crippen molar-refractivity contribution in [3.05, 3.63) is 78.4 Å². The lowest BCUT2D eigenvalue weighted by atomic mass is 9.98. The molecule has 0 aliphatic rings. The van der Waals surface area contributed by atoms with E-state index in [1.807, 2.05) is 25.1 Å². The first-order valence-corrected chi connectivity index (χ1v) is 10.7. The molecule has 0 spiro atoms. The number of hydrogen-bond donors (Lipinski definition) is 1. The van der Waals surface area contributed by atoms with Gasteiger partial charge in [0.2, 0.25) is 9.84 Å². The molecule has 0 aliphatic heterocycles. The molecule has 9 heteroatoms. The largest absolute Gasteiger partial charge is 0.341 e. The van der Waals surface area contributed by atoms with Gasteiger partial charge in [-0.2, -0.15) is 13.9 Å². The standard InChI is InChI=1S/C22H16F3N3O2S/c1-13-3-2-4-20(27-13)21-18(12-26-28-21)15-7-10-19(23)17(11-15)14-5-8-16(9-6-14)31(29,30)22(24)25/h2-12,22H,1H3,(H,26,28). The molecule has 5 nitrogen and oxygen atoms in total. The number of hydrogen-bond acceptors (Lipinski definition) is 4. The lowest BCUT2D eigenvalue weighted by molar-refractivity contribution is 0.234. The highest BCUT2D eigenvalue weighted by Crippen LogP contribution is 2.34. The maximum atomic E-state index is 14.6. The number of aromatic amines is 1. The monoisotopic (exact) mass is 443 g/mol. The number of alkyl halides is 2. The topological polar surface area (TPSA) is 75.7 Å². The van der Waals surface area contributed by atoms with E-state index in [0.717, 1.165) is 17.8 Å². The summed E-state index contributed by atoms with van der Waals surface area (Å²) in [5.74, 6) is -4.06. The van der Waals surface area contributed by atoms with Crippen LogP contribution in [0.3, 0.4) is 0 Å². The van der Waals surface area contributed by atoms with Crippen LogP contribution in [0.5, 0.6) is 0 Å². The van der Waals surface area contributed by atoms with Crippen molar-refractivity contribution in [1.29, 1.82) is 0 Å². The maximum Gasteiger partial charge on any atom is 0.341 e. The van der Waals surface area contributed by atoms with Crippen LogP contribution >= 0.6 is 0 Å². The van der Waals surface area contributed by atoms with Crippen molar-refractivity contribution in [3.8, 4) is 33.6 Å². The van der Waals surface area contributed by atoms with Crippen LogP contribution in [0.1, 0.15) is 5.69 Å². The Morgan fingerprint density at radius 1 is 0.935 bits per heavy atom. The summed E-state index contributed by atoms with van der Waals surface area (Å²) in [7, 11) is -4.72. The van der Waals surface area contributed by atoms with E-state index in [-0.39, 0.29) is 5.56 Å². The average molecular weight is 443 g/mol. The molecule has 2 aromatic heterocycles. The molecule has 0 atom stereocenters. The molecule has 4 rings (SSSR count). The van der Waals surface area contributed by atoms with Crippen LogP contribution in [0.25, 0.3) is 33.6 Å². The molecule has 0 bridgehead atoms. The van der Waals surface area contributed by atoms with Crippen LogP contribution in [0.4, 0.5) is 13.2 Å². The van der Waals surface area contributed by atoms with Gasteiger partial charge in [0.05, 0.1) is 22.5 Å². The average Bonchev–Trinajstić information content (AvgIpc) is 3.24. The van der Waals surface area contributed by atoms with Gasteiger partial charge in [0.1, 0.15) is 5.82 Å². The molecule has 31 heavy (non-hydrogen) atoms. The first kappa shape index (κ1) is 20.8. The number of benzene rings is 2. The summed E-state index contributed by atoms with van der Waals surface area (Å²) in [6, 6.07) is 14.7. The van der Waals surface area contributed by atoms with Crippen molar-refractivity contribution in [2.75, 3.05) is 0 Å². The number of sulfone groups is 1. The lowest BCUT2D eigenvalue weighted by Gasteiger charge is -2.09. The van der Waals surface area contributed by atoms with Gasteiger partial charge in [0, 0.05) is 16.8 Å². The number of H-pyrrole nitrogens is 1. The summed E-state index contributed by atoms with van der Waals surface area (Å²) in [4.78, 5) is 3.96. The Labute approximate surface area is 176 Å². The van der Waals surface area contributed by atoms with E-state index < -0.39 is 26.3 Å². The molecule has 2 aromatic carbocycles. The van der Waals surface area contributed by atoms with E-state index in [2.05, 4.69) is 15.2 Å². The van der Waals surface area contributed by atoms with Crippen molar-refractivity contribution in [2.24, 2.45) is 0 Å². The maximum absolute atomic E-state index is 14.6. The number of nitrogens with one attached hydrogen (secondary N) is 1. The molecule has 1 N–H and O–H groups in total. The quantitative estimate of drug-likeness (QED) is 0.457. The Morgan fingerprint density at radius 2 is 1.65 bits per heavy atom. The van der Waals surface area contributed by atoms with E-state index in [4.69, 9.17) is 0 Å². The van der Waals surface area contributed by atoms with Gasteiger partial charge in [-0.1, -0.05) is 24.3 Å². The van der Waals surface area contributed by atoms with E-state index in [1.54, 1.807) is 18.3 Å². The van der Waals surface area contributed by atoms with Crippen molar-refractivity contribution in [1.82, 2.24) is 15.2 Å². The summed E-state index contributed by atoms with van der Waals surface area (Å²) in [6.45, 7) is 1.87. The summed E-state index contributed by atoms with van der Waals surface area (Å²) >= 11 is 0. The van der Waals surface area contributed by atoms with Crippen molar-refractivity contribution in [2.45, 2.75) is 17.6 Å². The first-order valence-electron chi connectivity index (χ1n) is 9.17. The van der Waals surface area contributed by atoms with Gasteiger partial charge in [-0.05, 0) is 54.4 Å². The molecule has 4 aromatic rings. The number of pyridine rings is 1. The Kier molecular flexibility index (Phi) is 5.36. The molecule has 0 unspecified atom stereocenters. The van der Waals surface area contributed by atoms with Crippen molar-refractivity contribution >= 4 is 9.84 Å². The molecule has 2 heterocycles. The van der Waals surface area contributed by atoms with Gasteiger partial charge in [-0.15, -0.1) is 0 Å². The summed E-state index contributed by atoms with van der Waals surface area (Å²) in [6.07, 6.45) is 1.61. The zero-order valence-corrected chi connectivity index (χ0v) is 17.0. The van der Waals surface area contributed by atoms with E-state index in [0.29, 0.717) is 28.1 Å². The predicted molar refractivity (Wildman–Crippen MR) is 111 cm³/mol. The van der Waals surface area contributed by atoms with Crippen LogP contribution in [0.15, 0.2) is 71.8 Å². The predicted octanol–water partition coefficient (Wildman–Crippen LogP) is 5.25. The fraction of sp³-hybridized carbons (Fsp3) is 0.0909. The molecular formula is C22H16F3N3O2S. The third-order valence-corrected chi connectivity index (χ3v) is 6.19. The van der Waals surface area contributed by atoms with Gasteiger partial charge in [-0.25, -0.2) is 12.8 Å². The summed E-state index contributed by atoms with van der Waals surface area (Å²) in [5.41, 5.74) is 4.09. The van der Waals surface area contributed by atoms with Gasteiger partial charge in [0.25, 0.3) is 0 Å². The smallest absolute Gasteiger partial charge is 0.276 e. The number of aromatic nitrogens is 3. The molecule has 0 aliphatic carbocycles. The van der Waals surface area contributed by atoms with Gasteiger partial charge < -0.3 is 0 Å². The molecule has 158 valence electrons. The van der Waals surface area contributed by atoms with Crippen LogP contribution in [0.2, 0.25) is 0 Å². The van der Waals surface area contributed by atoms with E-state index >= 15 is 0 Å². The highest BCUT2D eigenvalue weighted by molar-refractivity contribution is 7.91. The fourth-order valence-electron chi connectivity index (χ4n) is 3.22. The minimum absolute atomic E-state index is 0.197. The van der Waals surface area contributed by atoms with Crippen LogP contribution in [-0.2, 0) is 9.84 Å². The molecular weight excluding hydrogens is 427 g/mol. The Bertz CT molecular complexity index is 1350. The normalized spacial score (nSPS) is 11.8. The summed E-state index contributed by atoms with van der Waals surface area (Å²) in [5, 5.41) is 7.00. The molecule has 0 fully saturated rings. The number of nitrogens with zero attached hydrogens (tertiary/aromatic N) is 2. The van der Waals surface area contributed by atoms with Crippen LogP contribution in [-0.4, -0.2) is 29.4 Å². The molecule has 0 amide bonds. The van der Waals surface area contributed by atoms with E-state index in [1.165, 1.54) is 18.2 Å². The van der Waals surface area contributed by atoms with E-state index in [9.17, 15) is 21.6 Å². The number of rotatable bonds is 5. The number of aryl methyl sites for hydroxylation is 1. The third kappa shape index (κ3) is 3.96. The second kappa shape index (κ2) is 7.99. The zero-order chi connectivity index (χ0) is 22.2. The van der Waals surface area contributed by atoms with Crippen molar-refractivity contribution in [3.63, 3.8) is 0 Å². The lowest BCUT2D eigenvalue weighted by Crippen LogP contribution is -2.11. The highest BCUT2D eigenvalue weighted by atomic mass is 32.2. The summed E-state index contributed by atoms with van der Waals surface area (Å²) < 4.78 is 63.3. The van der Waals surface area contributed by atoms with Crippen LogP contribution < -0.4 is 0 Å². The minimum atomic E-state index is -4.72. The van der Waals surface area contributed by atoms with Crippen LogP contribution in [0, 0.1) is 12.7 Å². The minimum Gasteiger partial charge on any atom is -0.276 e.